The standard InChI is InChI=1S/C20H26N4O2S/c1-15-6-4-7-18(16(15)2)24-11-8-21-20(24)27-14-19(26)23-10-5-9-22(12-13-23)17(3)25/h4,6-8,11H,5,9-10,12-14H2,1-3H3. The molecular weight excluding hydrogens is 360 g/mol. The van der Waals surface area contributed by atoms with Gasteiger partial charge in [0, 0.05) is 45.5 Å². The molecule has 1 fully saturated rings. The Morgan fingerprint density at radius 2 is 1.85 bits per heavy atom. The van der Waals surface area contributed by atoms with Crippen LogP contribution in [-0.4, -0.2) is 63.1 Å². The SMILES string of the molecule is CC(=O)N1CCCN(C(=O)CSc2nccn2-c2cccc(C)c2C)CC1. The fraction of sp³-hybridized carbons (Fsp3) is 0.450. The zero-order valence-electron chi connectivity index (χ0n) is 16.1. The summed E-state index contributed by atoms with van der Waals surface area (Å²) in [6.07, 6.45) is 4.53. The normalized spacial score (nSPS) is 14.9. The Morgan fingerprint density at radius 3 is 2.63 bits per heavy atom. The van der Waals surface area contributed by atoms with Gasteiger partial charge in [-0.3, -0.25) is 14.2 Å². The second-order valence-electron chi connectivity index (χ2n) is 6.83. The summed E-state index contributed by atoms with van der Waals surface area (Å²) in [5.74, 6) is 0.525. The van der Waals surface area contributed by atoms with Gasteiger partial charge >= 0.3 is 0 Å². The zero-order valence-corrected chi connectivity index (χ0v) is 17.0. The van der Waals surface area contributed by atoms with Gasteiger partial charge in [-0.2, -0.15) is 0 Å². The molecule has 1 saturated heterocycles. The number of nitrogens with zero attached hydrogens (tertiary/aromatic N) is 4. The van der Waals surface area contributed by atoms with E-state index < -0.39 is 0 Å². The molecule has 0 radical (unpaired) electrons. The van der Waals surface area contributed by atoms with Gasteiger partial charge in [0.15, 0.2) is 5.16 Å². The first-order chi connectivity index (χ1) is 13.0. The van der Waals surface area contributed by atoms with Crippen LogP contribution < -0.4 is 0 Å². The summed E-state index contributed by atoms with van der Waals surface area (Å²) in [4.78, 5) is 32.3. The van der Waals surface area contributed by atoms with Gasteiger partial charge in [0.1, 0.15) is 0 Å². The summed E-state index contributed by atoms with van der Waals surface area (Å²) < 4.78 is 2.04. The van der Waals surface area contributed by atoms with Crippen molar-refractivity contribution < 1.29 is 9.59 Å². The summed E-state index contributed by atoms with van der Waals surface area (Å²) in [5, 5.41) is 0.817. The van der Waals surface area contributed by atoms with Crippen molar-refractivity contribution in [2.24, 2.45) is 0 Å². The highest BCUT2D eigenvalue weighted by molar-refractivity contribution is 7.99. The summed E-state index contributed by atoms with van der Waals surface area (Å²) in [7, 11) is 0. The second kappa shape index (κ2) is 8.61. The van der Waals surface area contributed by atoms with E-state index in [4.69, 9.17) is 0 Å². The lowest BCUT2D eigenvalue weighted by Gasteiger charge is -2.21. The van der Waals surface area contributed by atoms with Crippen LogP contribution in [0.4, 0.5) is 0 Å². The molecule has 144 valence electrons. The van der Waals surface area contributed by atoms with Crippen molar-refractivity contribution in [2.75, 3.05) is 31.9 Å². The maximum Gasteiger partial charge on any atom is 0.233 e. The van der Waals surface area contributed by atoms with Crippen molar-refractivity contribution in [3.63, 3.8) is 0 Å². The molecule has 27 heavy (non-hydrogen) atoms. The van der Waals surface area contributed by atoms with Crippen molar-refractivity contribution in [3.8, 4) is 5.69 Å². The molecule has 0 bridgehead atoms. The lowest BCUT2D eigenvalue weighted by molar-refractivity contribution is -0.130. The molecular formula is C20H26N4O2S. The van der Waals surface area contributed by atoms with Crippen molar-refractivity contribution in [3.05, 3.63) is 41.7 Å². The third-order valence-corrected chi connectivity index (χ3v) is 6.01. The zero-order chi connectivity index (χ0) is 19.4. The number of carbonyl (C=O) groups is 2. The third-order valence-electron chi connectivity index (χ3n) is 5.06. The van der Waals surface area contributed by atoms with E-state index in [1.54, 1.807) is 13.1 Å². The number of benzene rings is 1. The molecule has 0 spiro atoms. The number of amides is 2. The highest BCUT2D eigenvalue weighted by Gasteiger charge is 2.21. The first-order valence-electron chi connectivity index (χ1n) is 9.23. The van der Waals surface area contributed by atoms with Gasteiger partial charge in [0.25, 0.3) is 0 Å². The summed E-state index contributed by atoms with van der Waals surface area (Å²) in [6.45, 7) is 8.42. The van der Waals surface area contributed by atoms with Gasteiger partial charge in [-0.15, -0.1) is 0 Å². The highest BCUT2D eigenvalue weighted by atomic mass is 32.2. The molecule has 1 aromatic carbocycles. The van der Waals surface area contributed by atoms with E-state index in [-0.39, 0.29) is 11.8 Å². The Labute approximate surface area is 164 Å². The molecule has 0 atom stereocenters. The molecule has 1 aromatic heterocycles. The van der Waals surface area contributed by atoms with Crippen LogP contribution in [0.25, 0.3) is 5.69 Å². The van der Waals surface area contributed by atoms with Crippen LogP contribution in [0.15, 0.2) is 35.7 Å². The van der Waals surface area contributed by atoms with Gasteiger partial charge in [-0.1, -0.05) is 23.9 Å². The van der Waals surface area contributed by atoms with Gasteiger partial charge < -0.3 is 9.80 Å². The molecule has 6 nitrogen and oxygen atoms in total. The first kappa shape index (κ1) is 19.5. The number of carbonyl (C=O) groups excluding carboxylic acids is 2. The quantitative estimate of drug-likeness (QED) is 0.758. The topological polar surface area (TPSA) is 58.4 Å². The molecule has 7 heteroatoms. The van der Waals surface area contributed by atoms with Gasteiger partial charge in [0.2, 0.25) is 11.8 Å². The lowest BCUT2D eigenvalue weighted by Crippen LogP contribution is -2.37. The van der Waals surface area contributed by atoms with E-state index in [0.717, 1.165) is 23.8 Å². The number of hydrogen-bond donors (Lipinski definition) is 0. The number of aryl methyl sites for hydroxylation is 1. The molecule has 0 aliphatic carbocycles. The van der Waals surface area contributed by atoms with Crippen LogP contribution in [0.2, 0.25) is 0 Å². The summed E-state index contributed by atoms with van der Waals surface area (Å²) in [5.41, 5.74) is 3.53. The number of hydrogen-bond acceptors (Lipinski definition) is 4. The number of thioether (sulfide) groups is 1. The highest BCUT2D eigenvalue weighted by Crippen LogP contribution is 2.24. The fourth-order valence-corrected chi connectivity index (χ4v) is 4.14. The number of rotatable bonds is 4. The molecule has 2 heterocycles. The van der Waals surface area contributed by atoms with E-state index in [1.807, 2.05) is 26.6 Å². The van der Waals surface area contributed by atoms with Crippen molar-refractivity contribution in [2.45, 2.75) is 32.3 Å². The molecule has 0 unspecified atom stereocenters. The Balaban J connectivity index is 1.64. The maximum atomic E-state index is 12.7. The smallest absolute Gasteiger partial charge is 0.233 e. The van der Waals surface area contributed by atoms with E-state index in [2.05, 4.69) is 31.0 Å². The van der Waals surface area contributed by atoms with Crippen LogP contribution in [0.5, 0.6) is 0 Å². The van der Waals surface area contributed by atoms with E-state index >= 15 is 0 Å². The van der Waals surface area contributed by atoms with E-state index in [1.165, 1.54) is 22.9 Å². The Morgan fingerprint density at radius 1 is 1.11 bits per heavy atom. The van der Waals surface area contributed by atoms with Gasteiger partial charge in [-0.25, -0.2) is 4.98 Å². The van der Waals surface area contributed by atoms with E-state index in [0.29, 0.717) is 25.4 Å². The third kappa shape index (κ3) is 4.53. The molecule has 3 rings (SSSR count). The maximum absolute atomic E-state index is 12.7. The van der Waals surface area contributed by atoms with Crippen LogP contribution in [0, 0.1) is 13.8 Å². The minimum Gasteiger partial charge on any atom is -0.341 e. The Hall–Kier alpha value is -2.28. The van der Waals surface area contributed by atoms with Crippen LogP contribution in [0.3, 0.4) is 0 Å². The summed E-state index contributed by atoms with van der Waals surface area (Å²) >= 11 is 1.46. The van der Waals surface area contributed by atoms with Crippen LogP contribution in [-0.2, 0) is 9.59 Å². The van der Waals surface area contributed by atoms with E-state index in [9.17, 15) is 9.59 Å². The average Bonchev–Trinajstić information content (AvgIpc) is 2.95. The molecule has 1 aliphatic rings. The lowest BCUT2D eigenvalue weighted by atomic mass is 10.1. The van der Waals surface area contributed by atoms with Crippen LogP contribution in [0.1, 0.15) is 24.5 Å². The summed E-state index contributed by atoms with van der Waals surface area (Å²) in [6, 6.07) is 6.20. The number of aromatic nitrogens is 2. The minimum atomic E-state index is 0.0780. The average molecular weight is 387 g/mol. The molecule has 2 amide bonds. The van der Waals surface area contributed by atoms with Gasteiger partial charge in [0.05, 0.1) is 11.4 Å². The Bertz CT molecular complexity index is 833. The van der Waals surface area contributed by atoms with Crippen molar-refractivity contribution >= 4 is 23.6 Å². The van der Waals surface area contributed by atoms with Crippen LogP contribution >= 0.6 is 11.8 Å². The molecule has 2 aromatic rings. The van der Waals surface area contributed by atoms with Crippen molar-refractivity contribution in [1.29, 1.82) is 0 Å². The molecule has 0 saturated carbocycles. The minimum absolute atomic E-state index is 0.0780. The Kier molecular flexibility index (Phi) is 6.21. The second-order valence-corrected chi connectivity index (χ2v) is 7.77. The monoisotopic (exact) mass is 386 g/mol. The molecule has 1 aliphatic heterocycles. The van der Waals surface area contributed by atoms with Crippen molar-refractivity contribution in [1.82, 2.24) is 19.4 Å². The largest absolute Gasteiger partial charge is 0.341 e. The van der Waals surface area contributed by atoms with Gasteiger partial charge in [-0.05, 0) is 37.5 Å². The fourth-order valence-electron chi connectivity index (χ4n) is 3.28. The first-order valence-corrected chi connectivity index (χ1v) is 10.2. The molecule has 0 N–H and O–H groups in total. The number of imidazole rings is 1. The predicted molar refractivity (Wildman–Crippen MR) is 107 cm³/mol. The predicted octanol–water partition coefficient (Wildman–Crippen LogP) is 2.66.